The zero-order valence-corrected chi connectivity index (χ0v) is 8.53. The number of nitrogens with one attached hydrogen (secondary N) is 1. The number of rotatable bonds is 0. The number of aryl methyl sites for hydroxylation is 2. The van der Waals surface area contributed by atoms with Gasteiger partial charge in [-0.3, -0.25) is 4.79 Å². The molecule has 1 aromatic carbocycles. The van der Waals surface area contributed by atoms with E-state index in [4.69, 9.17) is 0 Å². The molecule has 2 N–H and O–H groups in total. The number of phenolic OH excluding ortho intramolecular Hbond substituents is 1. The average molecular weight is 214 g/mol. The third kappa shape index (κ3) is 1.31. The largest absolute Gasteiger partial charge is 0.508 e. The number of hydrogen-bond acceptors (Lipinski definition) is 3. The fraction of sp³-hybridized carbons (Fsp3) is 0.167. The molecule has 0 fully saturated rings. The van der Waals surface area contributed by atoms with Crippen molar-refractivity contribution in [1.82, 2.24) is 10.2 Å². The number of fused-ring (bicyclic) bond motifs is 3. The minimum atomic E-state index is -0.166. The van der Waals surface area contributed by atoms with E-state index in [1.54, 1.807) is 18.2 Å². The van der Waals surface area contributed by atoms with E-state index in [0.29, 0.717) is 0 Å². The Balaban J connectivity index is 2.27. The van der Waals surface area contributed by atoms with Gasteiger partial charge in [0.15, 0.2) is 0 Å². The summed E-state index contributed by atoms with van der Waals surface area (Å²) in [7, 11) is 0. The Hall–Kier alpha value is -2.10. The lowest BCUT2D eigenvalue weighted by Gasteiger charge is -2.17. The van der Waals surface area contributed by atoms with Crippen molar-refractivity contribution in [3.8, 4) is 17.0 Å². The summed E-state index contributed by atoms with van der Waals surface area (Å²) in [6.07, 6.45) is 1.63. The van der Waals surface area contributed by atoms with Crippen molar-refractivity contribution in [2.75, 3.05) is 0 Å². The number of H-pyrrole nitrogens is 1. The van der Waals surface area contributed by atoms with E-state index < -0.39 is 0 Å². The monoisotopic (exact) mass is 214 g/mol. The first-order valence-electron chi connectivity index (χ1n) is 5.15. The van der Waals surface area contributed by atoms with Gasteiger partial charge in [0, 0.05) is 11.6 Å². The van der Waals surface area contributed by atoms with E-state index in [1.807, 2.05) is 6.07 Å². The van der Waals surface area contributed by atoms with Crippen LogP contribution in [0.4, 0.5) is 0 Å². The van der Waals surface area contributed by atoms with Crippen molar-refractivity contribution >= 4 is 0 Å². The summed E-state index contributed by atoms with van der Waals surface area (Å²) in [5.74, 6) is 0.270. The quantitative estimate of drug-likeness (QED) is 0.693. The maximum atomic E-state index is 11.1. The number of nitrogens with zero attached hydrogens (tertiary/aromatic N) is 1. The van der Waals surface area contributed by atoms with E-state index in [2.05, 4.69) is 10.2 Å². The molecule has 0 bridgehead atoms. The number of hydrogen-bond donors (Lipinski definition) is 2. The molecule has 80 valence electrons. The summed E-state index contributed by atoms with van der Waals surface area (Å²) in [6.45, 7) is 0. The number of phenols is 1. The summed E-state index contributed by atoms with van der Waals surface area (Å²) in [5, 5.41) is 15.9. The molecule has 3 rings (SSSR count). The summed E-state index contributed by atoms with van der Waals surface area (Å²) >= 11 is 0. The summed E-state index contributed by atoms with van der Waals surface area (Å²) in [6, 6.07) is 6.83. The van der Waals surface area contributed by atoms with Gasteiger partial charge in [0.05, 0.1) is 5.69 Å². The minimum absolute atomic E-state index is 0.166. The molecular weight excluding hydrogens is 204 g/mol. The van der Waals surface area contributed by atoms with Crippen LogP contribution in [-0.2, 0) is 12.8 Å². The molecule has 0 radical (unpaired) electrons. The highest BCUT2D eigenvalue weighted by Gasteiger charge is 2.17. The molecule has 0 spiro atoms. The number of aromatic hydroxyl groups is 1. The van der Waals surface area contributed by atoms with Crippen LogP contribution in [0.1, 0.15) is 11.1 Å². The van der Waals surface area contributed by atoms with E-state index in [9.17, 15) is 9.90 Å². The third-order valence-electron chi connectivity index (χ3n) is 2.90. The molecule has 0 saturated heterocycles. The van der Waals surface area contributed by atoms with Gasteiger partial charge < -0.3 is 5.11 Å². The molecule has 0 amide bonds. The Morgan fingerprint density at radius 2 is 2.00 bits per heavy atom. The lowest BCUT2D eigenvalue weighted by atomic mass is 9.89. The van der Waals surface area contributed by atoms with Crippen LogP contribution in [0.5, 0.6) is 5.75 Å². The molecule has 1 heterocycles. The van der Waals surface area contributed by atoms with Gasteiger partial charge in [-0.2, -0.15) is 5.10 Å². The maximum absolute atomic E-state index is 11.1. The topological polar surface area (TPSA) is 66.0 Å². The standard InChI is InChI=1S/C12H10N2O2/c15-9-3-4-10-7(5-9)1-2-8-6-11(16)13-14-12(8)10/h3-6,15H,1-2H2,(H,13,16). The van der Waals surface area contributed by atoms with Gasteiger partial charge in [0.1, 0.15) is 5.75 Å². The molecule has 1 aromatic heterocycles. The van der Waals surface area contributed by atoms with Crippen LogP contribution in [0, 0.1) is 0 Å². The predicted molar refractivity (Wildman–Crippen MR) is 59.4 cm³/mol. The highest BCUT2D eigenvalue weighted by molar-refractivity contribution is 5.69. The predicted octanol–water partition coefficient (Wildman–Crippen LogP) is 1.24. The maximum Gasteiger partial charge on any atom is 0.264 e. The second kappa shape index (κ2) is 3.20. The Kier molecular flexibility index (Phi) is 1.83. The minimum Gasteiger partial charge on any atom is -0.508 e. The van der Waals surface area contributed by atoms with Gasteiger partial charge >= 0.3 is 0 Å². The molecular formula is C12H10N2O2. The lowest BCUT2D eigenvalue weighted by Crippen LogP contribution is -2.14. The van der Waals surface area contributed by atoms with E-state index in [-0.39, 0.29) is 11.3 Å². The van der Waals surface area contributed by atoms with E-state index >= 15 is 0 Å². The molecule has 0 atom stereocenters. The zero-order chi connectivity index (χ0) is 11.1. The van der Waals surface area contributed by atoms with Gasteiger partial charge in [-0.25, -0.2) is 5.10 Å². The Morgan fingerprint density at radius 1 is 1.19 bits per heavy atom. The van der Waals surface area contributed by atoms with Crippen LogP contribution >= 0.6 is 0 Å². The second-order valence-corrected chi connectivity index (χ2v) is 3.95. The first-order valence-corrected chi connectivity index (χ1v) is 5.15. The molecule has 1 aliphatic rings. The van der Waals surface area contributed by atoms with Crippen LogP contribution in [0.2, 0.25) is 0 Å². The lowest BCUT2D eigenvalue weighted by molar-refractivity contribution is 0.474. The number of aromatic nitrogens is 2. The molecule has 0 unspecified atom stereocenters. The van der Waals surface area contributed by atoms with Crippen LogP contribution in [0.3, 0.4) is 0 Å². The molecule has 0 saturated carbocycles. The first-order chi connectivity index (χ1) is 7.74. The highest BCUT2D eigenvalue weighted by Crippen LogP contribution is 2.32. The fourth-order valence-corrected chi connectivity index (χ4v) is 2.15. The molecule has 4 heteroatoms. The SMILES string of the molecule is O=c1cc2c(n[nH]1)-c1ccc(O)cc1CC2. The van der Waals surface area contributed by atoms with Crippen molar-refractivity contribution in [3.05, 3.63) is 45.7 Å². The van der Waals surface area contributed by atoms with Gasteiger partial charge in [0.2, 0.25) is 0 Å². The molecule has 2 aromatic rings. The molecule has 16 heavy (non-hydrogen) atoms. The van der Waals surface area contributed by atoms with Crippen molar-refractivity contribution in [3.63, 3.8) is 0 Å². The van der Waals surface area contributed by atoms with Gasteiger partial charge in [-0.05, 0) is 42.2 Å². The summed E-state index contributed by atoms with van der Waals surface area (Å²) in [5.41, 5.74) is 3.70. The normalized spacial score (nSPS) is 13.0. The first kappa shape index (κ1) is 9.15. The Bertz CT molecular complexity index is 617. The van der Waals surface area contributed by atoms with Crippen LogP contribution in [-0.4, -0.2) is 15.3 Å². The van der Waals surface area contributed by atoms with Gasteiger partial charge in [0.25, 0.3) is 5.56 Å². The van der Waals surface area contributed by atoms with Crippen molar-refractivity contribution in [2.24, 2.45) is 0 Å². The van der Waals surface area contributed by atoms with Crippen LogP contribution in [0.15, 0.2) is 29.1 Å². The van der Waals surface area contributed by atoms with E-state index in [1.165, 1.54) is 0 Å². The Morgan fingerprint density at radius 3 is 2.88 bits per heavy atom. The van der Waals surface area contributed by atoms with Crippen molar-refractivity contribution in [1.29, 1.82) is 0 Å². The average Bonchev–Trinajstić information content (AvgIpc) is 2.28. The summed E-state index contributed by atoms with van der Waals surface area (Å²) < 4.78 is 0. The van der Waals surface area contributed by atoms with Gasteiger partial charge in [-0.1, -0.05) is 0 Å². The fourth-order valence-electron chi connectivity index (χ4n) is 2.15. The van der Waals surface area contributed by atoms with Crippen LogP contribution in [0.25, 0.3) is 11.3 Å². The molecule has 4 nitrogen and oxygen atoms in total. The van der Waals surface area contributed by atoms with Crippen molar-refractivity contribution in [2.45, 2.75) is 12.8 Å². The third-order valence-corrected chi connectivity index (χ3v) is 2.90. The zero-order valence-electron chi connectivity index (χ0n) is 8.53. The Labute approximate surface area is 91.6 Å². The smallest absolute Gasteiger partial charge is 0.264 e. The number of benzene rings is 1. The highest BCUT2D eigenvalue weighted by atomic mass is 16.3. The van der Waals surface area contributed by atoms with Gasteiger partial charge in [-0.15, -0.1) is 0 Å². The second-order valence-electron chi connectivity index (χ2n) is 3.95. The van der Waals surface area contributed by atoms with Crippen LogP contribution < -0.4 is 5.56 Å². The molecule has 1 aliphatic carbocycles. The summed E-state index contributed by atoms with van der Waals surface area (Å²) in [4.78, 5) is 11.1. The molecule has 0 aliphatic heterocycles. The van der Waals surface area contributed by atoms with E-state index in [0.717, 1.165) is 35.2 Å². The van der Waals surface area contributed by atoms with Crippen molar-refractivity contribution < 1.29 is 5.11 Å². The number of aromatic amines is 1.